The fourth-order valence-electron chi connectivity index (χ4n) is 2.97. The van der Waals surface area contributed by atoms with Gasteiger partial charge in [-0.25, -0.2) is 0 Å². The molecule has 1 aliphatic rings. The van der Waals surface area contributed by atoms with Crippen LogP contribution in [0, 0.1) is 6.92 Å². The molecule has 1 N–H and O–H groups in total. The molecule has 0 amide bonds. The molecule has 1 aromatic heterocycles. The maximum Gasteiger partial charge on any atom is 0.118 e. The summed E-state index contributed by atoms with van der Waals surface area (Å²) in [6, 6.07) is 3.40. The van der Waals surface area contributed by atoms with Crippen LogP contribution in [0.5, 0.6) is 0 Å². The molecule has 1 unspecified atom stereocenters. The number of hydrogen-bond donors (Lipinski definition) is 1. The molecule has 0 aromatic carbocycles. The lowest BCUT2D eigenvalue weighted by molar-refractivity contribution is 0.127. The molecular formula is C17H31N3O. The Hall–Kier alpha value is -0.840. The van der Waals surface area contributed by atoms with Crippen molar-refractivity contribution >= 4 is 0 Å². The van der Waals surface area contributed by atoms with E-state index in [4.69, 9.17) is 4.42 Å². The zero-order chi connectivity index (χ0) is 15.4. The molecule has 21 heavy (non-hydrogen) atoms. The highest BCUT2D eigenvalue weighted by Crippen LogP contribution is 2.20. The summed E-state index contributed by atoms with van der Waals surface area (Å²) in [5, 5.41) is 3.41. The van der Waals surface area contributed by atoms with Crippen LogP contribution in [0.3, 0.4) is 0 Å². The van der Waals surface area contributed by atoms with Gasteiger partial charge in [0.05, 0.1) is 6.54 Å². The Bertz CT molecular complexity index is 439. The molecule has 4 nitrogen and oxygen atoms in total. The second-order valence-corrected chi connectivity index (χ2v) is 6.82. The summed E-state index contributed by atoms with van der Waals surface area (Å²) in [7, 11) is 4.37. The van der Waals surface area contributed by atoms with E-state index in [1.807, 2.05) is 0 Å². The van der Waals surface area contributed by atoms with Crippen molar-refractivity contribution in [1.29, 1.82) is 0 Å². The summed E-state index contributed by atoms with van der Waals surface area (Å²) in [6.45, 7) is 10.6. The second kappa shape index (κ2) is 7.43. The molecule has 0 bridgehead atoms. The number of rotatable bonds is 6. The molecule has 0 aliphatic carbocycles. The van der Waals surface area contributed by atoms with Crippen LogP contribution in [-0.2, 0) is 13.1 Å². The number of nitrogens with zero attached hydrogens (tertiary/aromatic N) is 2. The highest BCUT2D eigenvalue weighted by molar-refractivity contribution is 5.21. The maximum atomic E-state index is 5.88. The largest absolute Gasteiger partial charge is 0.465 e. The molecule has 2 rings (SSSR count). The first-order valence-corrected chi connectivity index (χ1v) is 8.16. The molecule has 1 aromatic rings. The lowest BCUT2D eigenvalue weighted by atomic mass is 10.0. The van der Waals surface area contributed by atoms with Crippen LogP contribution in [-0.4, -0.2) is 49.1 Å². The molecule has 1 saturated heterocycles. The first-order valence-electron chi connectivity index (χ1n) is 8.16. The molecule has 4 heteroatoms. The van der Waals surface area contributed by atoms with Crippen LogP contribution in [0.15, 0.2) is 10.5 Å². The first kappa shape index (κ1) is 16.5. The topological polar surface area (TPSA) is 31.7 Å². The van der Waals surface area contributed by atoms with Gasteiger partial charge in [0, 0.05) is 30.7 Å². The van der Waals surface area contributed by atoms with E-state index in [0.29, 0.717) is 12.1 Å². The number of likely N-dealkylation sites (tertiary alicyclic amines) is 1. The summed E-state index contributed by atoms with van der Waals surface area (Å²) >= 11 is 0. The molecule has 120 valence electrons. The molecular weight excluding hydrogens is 262 g/mol. The predicted molar refractivity (Wildman–Crippen MR) is 87.4 cm³/mol. The Kier molecular flexibility index (Phi) is 5.85. The molecule has 1 aliphatic heterocycles. The SMILES string of the molecule is Cc1oc(CNC(C)C)cc1CN1CCCC(N(C)C)C1. The van der Waals surface area contributed by atoms with E-state index < -0.39 is 0 Å². The molecule has 1 fully saturated rings. The Morgan fingerprint density at radius 1 is 1.43 bits per heavy atom. The number of furan rings is 1. The lowest BCUT2D eigenvalue weighted by Gasteiger charge is -2.36. The average Bonchev–Trinajstić information content (AvgIpc) is 2.77. The fraction of sp³-hybridized carbons (Fsp3) is 0.765. The van der Waals surface area contributed by atoms with Crippen LogP contribution in [0.4, 0.5) is 0 Å². The Labute approximate surface area is 129 Å². The zero-order valence-corrected chi connectivity index (χ0v) is 14.3. The monoisotopic (exact) mass is 293 g/mol. The molecule has 0 saturated carbocycles. The van der Waals surface area contributed by atoms with E-state index in [2.05, 4.69) is 56.0 Å². The van der Waals surface area contributed by atoms with Gasteiger partial charge in [-0.2, -0.15) is 0 Å². The first-order chi connectivity index (χ1) is 9.95. The maximum absolute atomic E-state index is 5.88. The van der Waals surface area contributed by atoms with Gasteiger partial charge < -0.3 is 14.6 Å². The minimum atomic E-state index is 0.488. The van der Waals surface area contributed by atoms with E-state index in [1.54, 1.807) is 0 Å². The van der Waals surface area contributed by atoms with Crippen LogP contribution >= 0.6 is 0 Å². The van der Waals surface area contributed by atoms with Gasteiger partial charge in [-0.3, -0.25) is 4.90 Å². The van der Waals surface area contributed by atoms with Crippen LogP contribution in [0.25, 0.3) is 0 Å². The lowest BCUT2D eigenvalue weighted by Crippen LogP contribution is -2.44. The van der Waals surface area contributed by atoms with Crippen molar-refractivity contribution in [1.82, 2.24) is 15.1 Å². The van der Waals surface area contributed by atoms with E-state index in [-0.39, 0.29) is 0 Å². The third-order valence-electron chi connectivity index (χ3n) is 4.36. The fourth-order valence-corrected chi connectivity index (χ4v) is 2.97. The Morgan fingerprint density at radius 3 is 2.86 bits per heavy atom. The van der Waals surface area contributed by atoms with Crippen molar-refractivity contribution in [3.8, 4) is 0 Å². The van der Waals surface area contributed by atoms with Gasteiger partial charge >= 0.3 is 0 Å². The summed E-state index contributed by atoms with van der Waals surface area (Å²) in [5.41, 5.74) is 1.34. The van der Waals surface area contributed by atoms with Gasteiger partial charge in [0.1, 0.15) is 11.5 Å². The quantitative estimate of drug-likeness (QED) is 0.874. The van der Waals surface area contributed by atoms with Crippen molar-refractivity contribution in [3.05, 3.63) is 23.2 Å². The minimum absolute atomic E-state index is 0.488. The third kappa shape index (κ3) is 4.83. The normalized spacial score (nSPS) is 20.6. The summed E-state index contributed by atoms with van der Waals surface area (Å²) in [5.74, 6) is 2.12. The van der Waals surface area contributed by atoms with Gasteiger partial charge in [-0.05, 0) is 46.5 Å². The molecule has 0 spiro atoms. The average molecular weight is 293 g/mol. The highest BCUT2D eigenvalue weighted by atomic mass is 16.3. The predicted octanol–water partition coefficient (Wildman–Crippen LogP) is 2.61. The van der Waals surface area contributed by atoms with Crippen molar-refractivity contribution in [3.63, 3.8) is 0 Å². The van der Waals surface area contributed by atoms with E-state index in [1.165, 1.54) is 24.9 Å². The number of hydrogen-bond acceptors (Lipinski definition) is 4. The number of aryl methyl sites for hydroxylation is 1. The van der Waals surface area contributed by atoms with E-state index >= 15 is 0 Å². The van der Waals surface area contributed by atoms with Crippen molar-refractivity contribution < 1.29 is 4.42 Å². The van der Waals surface area contributed by atoms with Crippen LogP contribution < -0.4 is 5.32 Å². The smallest absolute Gasteiger partial charge is 0.118 e. The van der Waals surface area contributed by atoms with Crippen molar-refractivity contribution in [2.24, 2.45) is 0 Å². The summed E-state index contributed by atoms with van der Waals surface area (Å²) in [6.07, 6.45) is 2.61. The second-order valence-electron chi connectivity index (χ2n) is 6.82. The third-order valence-corrected chi connectivity index (χ3v) is 4.36. The molecule has 0 radical (unpaired) electrons. The standard InChI is InChI=1S/C17H31N3O/c1-13(2)18-10-17-9-15(14(3)21-17)11-20-8-6-7-16(12-20)19(4)5/h9,13,16,18H,6-8,10-12H2,1-5H3. The van der Waals surface area contributed by atoms with Gasteiger partial charge in [-0.1, -0.05) is 13.8 Å². The van der Waals surface area contributed by atoms with Crippen LogP contribution in [0.2, 0.25) is 0 Å². The number of likely N-dealkylation sites (N-methyl/N-ethyl adjacent to an activating group) is 1. The van der Waals surface area contributed by atoms with Crippen molar-refractivity contribution in [2.45, 2.75) is 58.8 Å². The number of piperidine rings is 1. The Morgan fingerprint density at radius 2 is 2.19 bits per heavy atom. The number of nitrogens with one attached hydrogen (secondary N) is 1. The molecule has 2 heterocycles. The van der Waals surface area contributed by atoms with Crippen molar-refractivity contribution in [2.75, 3.05) is 27.2 Å². The Balaban J connectivity index is 1.93. The van der Waals surface area contributed by atoms with Crippen LogP contribution in [0.1, 0.15) is 43.8 Å². The van der Waals surface area contributed by atoms with E-state index in [0.717, 1.165) is 31.2 Å². The highest BCUT2D eigenvalue weighted by Gasteiger charge is 2.22. The zero-order valence-electron chi connectivity index (χ0n) is 14.3. The van der Waals surface area contributed by atoms with E-state index in [9.17, 15) is 0 Å². The minimum Gasteiger partial charge on any atom is -0.465 e. The van der Waals surface area contributed by atoms with Gasteiger partial charge in [-0.15, -0.1) is 0 Å². The summed E-state index contributed by atoms with van der Waals surface area (Å²) in [4.78, 5) is 4.91. The van der Waals surface area contributed by atoms with Gasteiger partial charge in [0.25, 0.3) is 0 Å². The molecule has 1 atom stereocenters. The van der Waals surface area contributed by atoms with Gasteiger partial charge in [0.15, 0.2) is 0 Å². The summed E-state index contributed by atoms with van der Waals surface area (Å²) < 4.78 is 5.88. The van der Waals surface area contributed by atoms with Gasteiger partial charge in [0.2, 0.25) is 0 Å².